The van der Waals surface area contributed by atoms with E-state index < -0.39 is 0 Å². The van der Waals surface area contributed by atoms with Crippen LogP contribution in [0.25, 0.3) is 11.5 Å². The Bertz CT molecular complexity index is 958. The molecule has 5 nitrogen and oxygen atoms in total. The number of hydrogen-bond donors (Lipinski definition) is 0. The van der Waals surface area contributed by atoms with Crippen LogP contribution in [0.1, 0.15) is 16.7 Å². The van der Waals surface area contributed by atoms with Gasteiger partial charge >= 0.3 is 0 Å². The highest BCUT2D eigenvalue weighted by molar-refractivity contribution is 7.99. The molecule has 0 bridgehead atoms. The van der Waals surface area contributed by atoms with Crippen molar-refractivity contribution in [1.29, 1.82) is 0 Å². The smallest absolute Gasteiger partial charge is 0.277 e. The lowest BCUT2D eigenvalue weighted by molar-refractivity contribution is -0.127. The van der Waals surface area contributed by atoms with Crippen molar-refractivity contribution in [3.05, 3.63) is 65.0 Å². The lowest BCUT2D eigenvalue weighted by atomic mass is 10.1. The summed E-state index contributed by atoms with van der Waals surface area (Å²) in [4.78, 5) is 13.8. The summed E-state index contributed by atoms with van der Waals surface area (Å²) in [5.74, 6) is 0.184. The zero-order valence-electron chi connectivity index (χ0n) is 15.4. The number of rotatable bonds is 6. The first-order chi connectivity index (χ1) is 12.9. The molecule has 0 radical (unpaired) electrons. The van der Waals surface area contributed by atoms with Crippen LogP contribution in [0.2, 0.25) is 0 Å². The molecule has 0 aliphatic carbocycles. The highest BCUT2D eigenvalue weighted by Crippen LogP contribution is 2.25. The zero-order chi connectivity index (χ0) is 19.4. The number of carbonyl (C=O) groups excluding carboxylic acids is 1. The number of carbonyl (C=O) groups is 1. The second-order valence-electron chi connectivity index (χ2n) is 6.34. The Kier molecular flexibility index (Phi) is 5.91. The molecule has 1 heterocycles. The number of thioether (sulfide) groups is 1. The second-order valence-corrected chi connectivity index (χ2v) is 7.27. The van der Waals surface area contributed by atoms with Crippen molar-refractivity contribution < 1.29 is 13.6 Å². The minimum absolute atomic E-state index is 0.102. The standard InChI is InChI=1S/C20H20FN3O2S/c1-13-7-8-16(9-14(13)2)19-22-23-20(26-19)27-12-18(25)24(3)11-15-5-4-6-17(21)10-15/h4-10H,11-12H2,1-3H3. The van der Waals surface area contributed by atoms with Crippen molar-refractivity contribution in [2.24, 2.45) is 0 Å². The minimum atomic E-state index is -0.313. The van der Waals surface area contributed by atoms with Gasteiger partial charge in [-0.15, -0.1) is 10.2 Å². The van der Waals surface area contributed by atoms with E-state index in [1.54, 1.807) is 24.1 Å². The van der Waals surface area contributed by atoms with Gasteiger partial charge in [0.15, 0.2) is 0 Å². The van der Waals surface area contributed by atoms with Crippen LogP contribution in [0, 0.1) is 19.7 Å². The minimum Gasteiger partial charge on any atom is -0.411 e. The van der Waals surface area contributed by atoms with E-state index in [-0.39, 0.29) is 17.5 Å². The Hall–Kier alpha value is -2.67. The van der Waals surface area contributed by atoms with Crippen molar-refractivity contribution in [2.75, 3.05) is 12.8 Å². The van der Waals surface area contributed by atoms with Crippen LogP contribution in [0.3, 0.4) is 0 Å². The fourth-order valence-corrected chi connectivity index (χ4v) is 3.19. The van der Waals surface area contributed by atoms with Gasteiger partial charge in [-0.1, -0.05) is 30.0 Å². The third-order valence-corrected chi connectivity index (χ3v) is 5.02. The fraction of sp³-hybridized carbons (Fsp3) is 0.250. The molecule has 7 heteroatoms. The van der Waals surface area contributed by atoms with E-state index >= 15 is 0 Å². The zero-order valence-corrected chi connectivity index (χ0v) is 16.2. The molecule has 140 valence electrons. The molecule has 1 amide bonds. The van der Waals surface area contributed by atoms with Gasteiger partial charge in [0.25, 0.3) is 5.22 Å². The summed E-state index contributed by atoms with van der Waals surface area (Å²) in [7, 11) is 1.68. The molecule has 0 atom stereocenters. The first kappa shape index (κ1) is 19.1. The second kappa shape index (κ2) is 8.35. The highest BCUT2D eigenvalue weighted by Gasteiger charge is 2.14. The quantitative estimate of drug-likeness (QED) is 0.594. The Labute approximate surface area is 161 Å². The van der Waals surface area contributed by atoms with Crippen LogP contribution in [0.5, 0.6) is 0 Å². The van der Waals surface area contributed by atoms with E-state index in [1.165, 1.54) is 29.5 Å². The van der Waals surface area contributed by atoms with E-state index in [4.69, 9.17) is 4.42 Å². The molecule has 1 aromatic heterocycles. The maximum absolute atomic E-state index is 13.2. The molecule has 3 aromatic rings. The summed E-state index contributed by atoms with van der Waals surface area (Å²) >= 11 is 1.19. The predicted molar refractivity (Wildman–Crippen MR) is 103 cm³/mol. The van der Waals surface area contributed by atoms with E-state index in [0.29, 0.717) is 17.7 Å². The lowest BCUT2D eigenvalue weighted by Gasteiger charge is -2.16. The van der Waals surface area contributed by atoms with Crippen molar-refractivity contribution in [2.45, 2.75) is 25.6 Å². The summed E-state index contributed by atoms with van der Waals surface area (Å²) in [5.41, 5.74) is 3.94. The van der Waals surface area contributed by atoms with Crippen LogP contribution in [0.4, 0.5) is 4.39 Å². The van der Waals surface area contributed by atoms with Crippen molar-refractivity contribution >= 4 is 17.7 Å². The maximum atomic E-state index is 13.2. The van der Waals surface area contributed by atoms with Crippen LogP contribution >= 0.6 is 11.8 Å². The Morgan fingerprint density at radius 2 is 1.96 bits per heavy atom. The van der Waals surface area contributed by atoms with Gasteiger partial charge in [0.1, 0.15) is 5.82 Å². The molecule has 0 unspecified atom stereocenters. The predicted octanol–water partition coefficient (Wildman–Crippen LogP) is 4.24. The van der Waals surface area contributed by atoms with Gasteiger partial charge in [-0.3, -0.25) is 4.79 Å². The monoisotopic (exact) mass is 385 g/mol. The van der Waals surface area contributed by atoms with Gasteiger partial charge in [-0.25, -0.2) is 4.39 Å². The first-order valence-corrected chi connectivity index (χ1v) is 9.43. The molecular formula is C20H20FN3O2S. The molecular weight excluding hydrogens is 365 g/mol. The topological polar surface area (TPSA) is 59.2 Å². The van der Waals surface area contributed by atoms with Crippen molar-refractivity contribution in [3.63, 3.8) is 0 Å². The molecule has 0 aliphatic rings. The molecule has 0 saturated heterocycles. The van der Waals surface area contributed by atoms with E-state index in [9.17, 15) is 9.18 Å². The van der Waals surface area contributed by atoms with Gasteiger partial charge in [0.2, 0.25) is 11.8 Å². The first-order valence-electron chi connectivity index (χ1n) is 8.44. The van der Waals surface area contributed by atoms with Crippen molar-refractivity contribution in [3.8, 4) is 11.5 Å². The molecule has 2 aromatic carbocycles. The number of benzene rings is 2. The summed E-state index contributed by atoms with van der Waals surface area (Å²) in [6.45, 7) is 4.41. The Balaban J connectivity index is 1.57. The number of amides is 1. The maximum Gasteiger partial charge on any atom is 0.277 e. The molecule has 0 N–H and O–H groups in total. The van der Waals surface area contributed by atoms with E-state index in [2.05, 4.69) is 10.2 Å². The number of aromatic nitrogens is 2. The SMILES string of the molecule is Cc1ccc(-c2nnc(SCC(=O)N(C)Cc3cccc(F)c3)o2)cc1C. The molecule has 3 rings (SSSR count). The third kappa shape index (κ3) is 4.95. The molecule has 0 spiro atoms. The average molecular weight is 385 g/mol. The van der Waals surface area contributed by atoms with Crippen LogP contribution in [0.15, 0.2) is 52.1 Å². The normalized spacial score (nSPS) is 10.8. The highest BCUT2D eigenvalue weighted by atomic mass is 32.2. The van der Waals surface area contributed by atoms with Gasteiger partial charge in [0.05, 0.1) is 5.75 Å². The van der Waals surface area contributed by atoms with Gasteiger partial charge in [0, 0.05) is 19.2 Å². The summed E-state index contributed by atoms with van der Waals surface area (Å²) in [6.07, 6.45) is 0. The largest absolute Gasteiger partial charge is 0.411 e. The number of aryl methyl sites for hydroxylation is 2. The van der Waals surface area contributed by atoms with E-state index in [0.717, 1.165) is 16.7 Å². The fourth-order valence-electron chi connectivity index (χ4n) is 2.49. The van der Waals surface area contributed by atoms with Gasteiger partial charge in [-0.2, -0.15) is 0 Å². The van der Waals surface area contributed by atoms with Gasteiger partial charge < -0.3 is 9.32 Å². The third-order valence-electron chi connectivity index (χ3n) is 4.21. The summed E-state index contributed by atoms with van der Waals surface area (Å²) in [5, 5.41) is 8.39. The summed E-state index contributed by atoms with van der Waals surface area (Å²) in [6, 6.07) is 12.1. The number of halogens is 1. The van der Waals surface area contributed by atoms with Crippen molar-refractivity contribution in [1.82, 2.24) is 15.1 Å². The van der Waals surface area contributed by atoms with Crippen LogP contribution in [-0.4, -0.2) is 33.8 Å². The van der Waals surface area contributed by atoms with Gasteiger partial charge in [-0.05, 0) is 54.8 Å². The van der Waals surface area contributed by atoms with E-state index in [1.807, 2.05) is 32.0 Å². The lowest BCUT2D eigenvalue weighted by Crippen LogP contribution is -2.27. The number of nitrogens with zero attached hydrogens (tertiary/aromatic N) is 3. The average Bonchev–Trinajstić information content (AvgIpc) is 3.11. The molecule has 27 heavy (non-hydrogen) atoms. The van der Waals surface area contributed by atoms with Crippen LogP contribution < -0.4 is 0 Å². The van der Waals surface area contributed by atoms with Crippen LogP contribution in [-0.2, 0) is 11.3 Å². The molecule has 0 saturated carbocycles. The molecule has 0 fully saturated rings. The summed E-state index contributed by atoms with van der Waals surface area (Å²) < 4.78 is 18.9. The Morgan fingerprint density at radius 1 is 1.15 bits per heavy atom. The molecule has 0 aliphatic heterocycles. The Morgan fingerprint density at radius 3 is 2.70 bits per heavy atom. The number of hydrogen-bond acceptors (Lipinski definition) is 5.